The Balaban J connectivity index is 1.29. The number of ether oxygens (including phenoxy) is 1. The molecule has 6 heteroatoms. The molecule has 1 amide bonds. The van der Waals surface area contributed by atoms with E-state index in [1.54, 1.807) is 6.92 Å². The maximum absolute atomic E-state index is 12.5. The summed E-state index contributed by atoms with van der Waals surface area (Å²) in [6.45, 7) is 3.89. The van der Waals surface area contributed by atoms with Gasteiger partial charge in [-0.2, -0.15) is 0 Å². The van der Waals surface area contributed by atoms with E-state index in [2.05, 4.69) is 10.2 Å². The van der Waals surface area contributed by atoms with Crippen molar-refractivity contribution in [3.63, 3.8) is 0 Å². The van der Waals surface area contributed by atoms with E-state index in [1.807, 2.05) is 48.5 Å². The van der Waals surface area contributed by atoms with E-state index in [9.17, 15) is 14.7 Å². The number of anilines is 1. The second-order valence-corrected chi connectivity index (χ2v) is 8.64. The van der Waals surface area contributed by atoms with Crippen LogP contribution in [0.1, 0.15) is 37.3 Å². The Morgan fingerprint density at radius 2 is 1.90 bits per heavy atom. The number of piperidine rings is 1. The van der Waals surface area contributed by atoms with Crippen LogP contribution in [0.25, 0.3) is 0 Å². The number of carbonyl (C=O) groups is 2. The molecule has 0 radical (unpaired) electrons. The number of aliphatic hydroxyl groups is 1. The Kier molecular flexibility index (Phi) is 6.39. The molecule has 0 spiro atoms. The minimum Gasteiger partial charge on any atom is -0.491 e. The minimum atomic E-state index is -0.632. The number of hydrogen-bond donors (Lipinski definition) is 2. The first-order valence-corrected chi connectivity index (χ1v) is 11.0. The third-order valence-electron chi connectivity index (χ3n) is 6.60. The molecule has 1 atom stereocenters. The molecule has 0 aromatic heterocycles. The van der Waals surface area contributed by atoms with Crippen molar-refractivity contribution in [1.29, 1.82) is 0 Å². The van der Waals surface area contributed by atoms with Crippen LogP contribution in [-0.2, 0) is 21.4 Å². The number of ketones is 1. The number of rotatable bonds is 7. The highest BCUT2D eigenvalue weighted by atomic mass is 16.5. The molecule has 0 aliphatic carbocycles. The first-order valence-electron chi connectivity index (χ1n) is 11.0. The molecule has 0 bridgehead atoms. The summed E-state index contributed by atoms with van der Waals surface area (Å²) < 4.78 is 5.78. The summed E-state index contributed by atoms with van der Waals surface area (Å²) in [5.41, 5.74) is 2.56. The molecule has 2 aliphatic heterocycles. The Hall–Kier alpha value is -2.70. The number of aliphatic hydroxyl groups excluding tert-OH is 1. The predicted octanol–water partition coefficient (Wildman–Crippen LogP) is 2.93. The number of nitrogens with one attached hydrogen (secondary N) is 1. The number of hydrogen-bond acceptors (Lipinski definition) is 5. The lowest BCUT2D eigenvalue weighted by atomic mass is 9.70. The van der Waals surface area contributed by atoms with E-state index in [1.165, 1.54) is 0 Å². The van der Waals surface area contributed by atoms with E-state index < -0.39 is 11.5 Å². The highest BCUT2D eigenvalue weighted by molar-refractivity contribution is 5.94. The summed E-state index contributed by atoms with van der Waals surface area (Å²) in [7, 11) is 0. The molecule has 2 heterocycles. The van der Waals surface area contributed by atoms with Gasteiger partial charge in [-0.1, -0.05) is 36.4 Å². The number of β-amino-alcohol motifs (C(OH)–C–C–N with tert-alkyl or cyclic N) is 1. The van der Waals surface area contributed by atoms with Crippen LogP contribution >= 0.6 is 0 Å². The molecular weight excluding hydrogens is 392 g/mol. The van der Waals surface area contributed by atoms with Crippen molar-refractivity contribution in [2.75, 3.05) is 31.6 Å². The summed E-state index contributed by atoms with van der Waals surface area (Å²) in [4.78, 5) is 26.3. The van der Waals surface area contributed by atoms with Gasteiger partial charge in [-0.05, 0) is 56.5 Å². The van der Waals surface area contributed by atoms with Gasteiger partial charge in [0.1, 0.15) is 24.2 Å². The summed E-state index contributed by atoms with van der Waals surface area (Å²) in [5.74, 6) is 0.868. The van der Waals surface area contributed by atoms with Gasteiger partial charge in [-0.25, -0.2) is 0 Å². The smallest absolute Gasteiger partial charge is 0.224 e. The third kappa shape index (κ3) is 4.81. The molecule has 2 N–H and O–H groups in total. The van der Waals surface area contributed by atoms with E-state index in [0.717, 1.165) is 49.2 Å². The van der Waals surface area contributed by atoms with Crippen molar-refractivity contribution < 1.29 is 19.4 Å². The van der Waals surface area contributed by atoms with Crippen LogP contribution in [0.4, 0.5) is 5.69 Å². The van der Waals surface area contributed by atoms with Crippen LogP contribution in [0.3, 0.4) is 0 Å². The average Bonchev–Trinajstić information content (AvgIpc) is 2.78. The summed E-state index contributed by atoms with van der Waals surface area (Å²) in [5, 5.41) is 13.4. The molecule has 2 aromatic carbocycles. The summed E-state index contributed by atoms with van der Waals surface area (Å²) >= 11 is 0. The summed E-state index contributed by atoms with van der Waals surface area (Å²) in [6, 6.07) is 15.7. The van der Waals surface area contributed by atoms with Crippen LogP contribution in [0.15, 0.2) is 48.5 Å². The van der Waals surface area contributed by atoms with Gasteiger partial charge < -0.3 is 20.1 Å². The number of nitrogens with zero attached hydrogens (tertiary/aromatic N) is 1. The van der Waals surface area contributed by atoms with Gasteiger partial charge in [0, 0.05) is 24.7 Å². The van der Waals surface area contributed by atoms with E-state index in [4.69, 9.17) is 4.74 Å². The Bertz CT molecular complexity index is 936. The zero-order valence-electron chi connectivity index (χ0n) is 18.0. The highest BCUT2D eigenvalue weighted by Gasteiger charge is 2.40. The maximum atomic E-state index is 12.5. The van der Waals surface area contributed by atoms with Crippen LogP contribution in [0.2, 0.25) is 0 Å². The van der Waals surface area contributed by atoms with Gasteiger partial charge in [0.2, 0.25) is 5.91 Å². The van der Waals surface area contributed by atoms with Gasteiger partial charge in [0.15, 0.2) is 0 Å². The van der Waals surface area contributed by atoms with Crippen molar-refractivity contribution >= 4 is 17.4 Å². The Morgan fingerprint density at radius 3 is 2.61 bits per heavy atom. The zero-order chi connectivity index (χ0) is 21.8. The molecule has 164 valence electrons. The predicted molar refractivity (Wildman–Crippen MR) is 119 cm³/mol. The fourth-order valence-electron chi connectivity index (χ4n) is 4.70. The van der Waals surface area contributed by atoms with Gasteiger partial charge in [0.05, 0.1) is 5.41 Å². The molecule has 31 heavy (non-hydrogen) atoms. The third-order valence-corrected chi connectivity index (χ3v) is 6.60. The fraction of sp³-hybridized carbons (Fsp3) is 0.440. The summed E-state index contributed by atoms with van der Waals surface area (Å²) in [6.07, 6.45) is 2.13. The number of carbonyl (C=O) groups excluding carboxylic acids is 2. The lowest BCUT2D eigenvalue weighted by Crippen LogP contribution is -2.48. The second kappa shape index (κ2) is 9.20. The molecule has 2 aromatic rings. The van der Waals surface area contributed by atoms with Crippen molar-refractivity contribution in [3.8, 4) is 5.75 Å². The molecule has 0 saturated carbocycles. The topological polar surface area (TPSA) is 78.9 Å². The molecule has 6 nitrogen and oxygen atoms in total. The number of Topliss-reactive ketones (excluding diaryl/α,β-unsaturated/α-hetero) is 1. The van der Waals surface area contributed by atoms with Crippen LogP contribution in [-0.4, -0.2) is 54.0 Å². The largest absolute Gasteiger partial charge is 0.491 e. The Morgan fingerprint density at radius 1 is 1.16 bits per heavy atom. The monoisotopic (exact) mass is 422 g/mol. The highest BCUT2D eigenvalue weighted by Crippen LogP contribution is 2.36. The first-order chi connectivity index (χ1) is 15.0. The molecule has 1 saturated heterocycles. The Labute approximate surface area is 183 Å². The van der Waals surface area contributed by atoms with E-state index >= 15 is 0 Å². The van der Waals surface area contributed by atoms with Crippen molar-refractivity contribution in [3.05, 3.63) is 59.7 Å². The molecule has 1 unspecified atom stereocenters. The minimum absolute atomic E-state index is 0.0203. The first kappa shape index (κ1) is 21.5. The number of aryl methyl sites for hydroxylation is 1. The molecular formula is C25H30N2O4. The van der Waals surface area contributed by atoms with Crippen molar-refractivity contribution in [2.24, 2.45) is 0 Å². The van der Waals surface area contributed by atoms with Crippen molar-refractivity contribution in [2.45, 2.75) is 44.1 Å². The van der Waals surface area contributed by atoms with Crippen LogP contribution in [0, 0.1) is 0 Å². The maximum Gasteiger partial charge on any atom is 0.224 e. The molecule has 1 fully saturated rings. The quantitative estimate of drug-likeness (QED) is 0.717. The standard InChI is InChI=1S/C25H30N2O4/c1-18(28)25(20-5-3-2-4-6-20)11-13-27(14-12-25)16-21(29)17-31-22-9-7-19-8-10-24(30)26-23(19)15-22/h2-7,9,15,21,29H,8,10-14,16-17H2,1H3,(H,26,30). The molecule has 4 rings (SSSR count). The number of likely N-dealkylation sites (tertiary alicyclic amines) is 1. The average molecular weight is 423 g/mol. The normalized spacial score (nSPS) is 19.2. The van der Waals surface area contributed by atoms with Gasteiger partial charge in [-0.15, -0.1) is 0 Å². The van der Waals surface area contributed by atoms with Crippen LogP contribution < -0.4 is 10.1 Å². The van der Waals surface area contributed by atoms with Crippen LogP contribution in [0.5, 0.6) is 5.75 Å². The second-order valence-electron chi connectivity index (χ2n) is 8.64. The fourth-order valence-corrected chi connectivity index (χ4v) is 4.70. The van der Waals surface area contributed by atoms with E-state index in [0.29, 0.717) is 18.7 Å². The lowest BCUT2D eigenvalue weighted by Gasteiger charge is -2.41. The van der Waals surface area contributed by atoms with Gasteiger partial charge in [-0.3, -0.25) is 9.59 Å². The van der Waals surface area contributed by atoms with Gasteiger partial charge >= 0.3 is 0 Å². The number of fused-ring (bicyclic) bond motifs is 1. The van der Waals surface area contributed by atoms with E-state index in [-0.39, 0.29) is 18.3 Å². The van der Waals surface area contributed by atoms with Crippen molar-refractivity contribution in [1.82, 2.24) is 4.90 Å². The lowest BCUT2D eigenvalue weighted by molar-refractivity contribution is -0.124. The number of amides is 1. The molecule has 2 aliphatic rings. The number of benzene rings is 2. The SMILES string of the molecule is CC(=O)C1(c2ccccc2)CCN(CC(O)COc2ccc3c(c2)NC(=O)CC3)CC1. The van der Waals surface area contributed by atoms with Gasteiger partial charge in [0.25, 0.3) is 0 Å². The zero-order valence-corrected chi connectivity index (χ0v) is 18.0.